The molecule has 0 spiro atoms. The van der Waals surface area contributed by atoms with Gasteiger partial charge < -0.3 is 30.6 Å². The largest absolute Gasteiger partial charge is 0.393 e. The number of carbonyl (C=O) groups excluding carboxylic acids is 1. The third-order valence-corrected chi connectivity index (χ3v) is 9.05. The van der Waals surface area contributed by atoms with Crippen LogP contribution in [0, 0.1) is 28.6 Å². The van der Waals surface area contributed by atoms with Gasteiger partial charge in [0.1, 0.15) is 6.10 Å². The first-order valence-corrected chi connectivity index (χ1v) is 10.5. The van der Waals surface area contributed by atoms with Crippen LogP contribution >= 0.6 is 0 Å². The van der Waals surface area contributed by atoms with E-state index in [9.17, 15) is 35.4 Å². The highest BCUT2D eigenvalue weighted by atomic mass is 16.3. The Kier molecular flexibility index (Phi) is 5.19. The number of rotatable bonds is 1. The lowest BCUT2D eigenvalue weighted by molar-refractivity contribution is -0.255. The van der Waals surface area contributed by atoms with E-state index in [0.29, 0.717) is 5.57 Å². The molecule has 2 bridgehead atoms. The van der Waals surface area contributed by atoms with Crippen LogP contribution in [0.25, 0.3) is 0 Å². The normalized spacial score (nSPS) is 52.6. The summed E-state index contributed by atoms with van der Waals surface area (Å²) in [5, 5.41) is 66.5. The van der Waals surface area contributed by atoms with Crippen molar-refractivity contribution in [1.82, 2.24) is 0 Å². The van der Waals surface area contributed by atoms with E-state index in [1.807, 2.05) is 0 Å². The first-order chi connectivity index (χ1) is 13.1. The molecule has 0 radical (unpaired) electrons. The van der Waals surface area contributed by atoms with Gasteiger partial charge in [-0.05, 0) is 43.3 Å². The summed E-state index contributed by atoms with van der Waals surface area (Å²) in [5.74, 6) is -2.99. The topological polar surface area (TPSA) is 138 Å². The monoisotopic (exact) mass is 412 g/mol. The molecule has 6 N–H and O–H groups in total. The minimum Gasteiger partial charge on any atom is -0.393 e. The van der Waals surface area contributed by atoms with Gasteiger partial charge in [0.25, 0.3) is 0 Å². The minimum absolute atomic E-state index is 0.0318. The van der Waals surface area contributed by atoms with E-state index in [1.54, 1.807) is 34.6 Å². The quantitative estimate of drug-likeness (QED) is 0.337. The van der Waals surface area contributed by atoms with Crippen LogP contribution in [0.3, 0.4) is 0 Å². The Labute approximate surface area is 172 Å². The van der Waals surface area contributed by atoms with Crippen molar-refractivity contribution in [1.29, 1.82) is 0 Å². The lowest BCUT2D eigenvalue weighted by atomic mass is 9.42. The zero-order chi connectivity index (χ0) is 22.3. The second-order valence-corrected chi connectivity index (χ2v) is 10.5. The third-order valence-electron chi connectivity index (χ3n) is 9.05. The van der Waals surface area contributed by atoms with Crippen LogP contribution in [0.5, 0.6) is 0 Å². The maximum atomic E-state index is 13.7. The summed E-state index contributed by atoms with van der Waals surface area (Å²) in [6.45, 7) is 9.38. The molecule has 166 valence electrons. The Morgan fingerprint density at radius 3 is 2.14 bits per heavy atom. The van der Waals surface area contributed by atoms with Gasteiger partial charge in [-0.2, -0.15) is 0 Å². The van der Waals surface area contributed by atoms with E-state index < -0.39 is 70.5 Å². The van der Waals surface area contributed by atoms with Gasteiger partial charge in [0.15, 0.2) is 5.78 Å². The molecular formula is C22H36O7. The zero-order valence-electron chi connectivity index (χ0n) is 18.2. The molecule has 7 heteroatoms. The zero-order valence-corrected chi connectivity index (χ0v) is 18.2. The van der Waals surface area contributed by atoms with E-state index >= 15 is 0 Å². The number of aliphatic hydroxyl groups excluding tert-OH is 4. The van der Waals surface area contributed by atoms with E-state index in [0.717, 1.165) is 0 Å². The van der Waals surface area contributed by atoms with Crippen molar-refractivity contribution in [3.05, 3.63) is 11.1 Å². The summed E-state index contributed by atoms with van der Waals surface area (Å²) < 4.78 is 0. The number of Topliss-reactive ketones (excluding diaryl/α,β-unsaturated/α-hetero) is 1. The van der Waals surface area contributed by atoms with Gasteiger partial charge in [-0.3, -0.25) is 4.79 Å². The van der Waals surface area contributed by atoms with E-state index in [-0.39, 0.29) is 18.4 Å². The number of fused-ring (bicyclic) bond motifs is 3. The van der Waals surface area contributed by atoms with Crippen molar-refractivity contribution in [3.8, 4) is 0 Å². The van der Waals surface area contributed by atoms with Crippen molar-refractivity contribution < 1.29 is 35.4 Å². The van der Waals surface area contributed by atoms with Gasteiger partial charge in [-0.1, -0.05) is 27.7 Å². The summed E-state index contributed by atoms with van der Waals surface area (Å²) in [5.41, 5.74) is -5.27. The first kappa shape index (κ1) is 22.8. The highest BCUT2D eigenvalue weighted by Crippen LogP contribution is 2.63. The Morgan fingerprint density at radius 1 is 1.07 bits per heavy atom. The molecule has 0 aromatic carbocycles. The second-order valence-electron chi connectivity index (χ2n) is 10.5. The summed E-state index contributed by atoms with van der Waals surface area (Å²) in [6, 6.07) is 0. The average molecular weight is 413 g/mol. The smallest absolute Gasteiger partial charge is 0.174 e. The Bertz CT molecular complexity index is 745. The Hall–Kier alpha value is -0.830. The lowest BCUT2D eigenvalue weighted by Crippen LogP contribution is -2.73. The van der Waals surface area contributed by atoms with Crippen molar-refractivity contribution in [2.24, 2.45) is 28.6 Å². The van der Waals surface area contributed by atoms with Crippen molar-refractivity contribution in [3.63, 3.8) is 0 Å². The molecule has 3 rings (SSSR count). The van der Waals surface area contributed by atoms with E-state index in [1.165, 1.54) is 6.92 Å². The molecule has 2 fully saturated rings. The van der Waals surface area contributed by atoms with Gasteiger partial charge in [-0.15, -0.1) is 0 Å². The Morgan fingerprint density at radius 2 is 1.62 bits per heavy atom. The van der Waals surface area contributed by atoms with E-state index in [2.05, 4.69) is 0 Å². The molecule has 6 unspecified atom stereocenters. The first-order valence-electron chi connectivity index (χ1n) is 10.5. The highest BCUT2D eigenvalue weighted by molar-refractivity contribution is 5.93. The molecule has 0 aromatic rings. The molecule has 3 aliphatic rings. The highest BCUT2D eigenvalue weighted by Gasteiger charge is 2.70. The average Bonchev–Trinajstić information content (AvgIpc) is 2.63. The maximum Gasteiger partial charge on any atom is 0.174 e. The molecule has 3 aliphatic carbocycles. The van der Waals surface area contributed by atoms with Gasteiger partial charge >= 0.3 is 0 Å². The Balaban J connectivity index is 2.39. The molecule has 2 saturated carbocycles. The molecule has 0 aliphatic heterocycles. The predicted octanol–water partition coefficient (Wildman–Crippen LogP) is 0.151. The molecule has 0 amide bonds. The van der Waals surface area contributed by atoms with Gasteiger partial charge in [0, 0.05) is 17.8 Å². The minimum atomic E-state index is -1.74. The van der Waals surface area contributed by atoms with Gasteiger partial charge in [0.05, 0.1) is 35.4 Å². The summed E-state index contributed by atoms with van der Waals surface area (Å²) in [6.07, 6.45) is -3.80. The third kappa shape index (κ3) is 2.55. The number of hydrogen-bond acceptors (Lipinski definition) is 7. The van der Waals surface area contributed by atoms with Crippen LogP contribution in [0.2, 0.25) is 0 Å². The molecule has 9 atom stereocenters. The maximum absolute atomic E-state index is 13.7. The van der Waals surface area contributed by atoms with Crippen LogP contribution in [0.4, 0.5) is 0 Å². The molecule has 0 heterocycles. The molecule has 29 heavy (non-hydrogen) atoms. The number of hydrogen-bond donors (Lipinski definition) is 6. The lowest BCUT2D eigenvalue weighted by Gasteiger charge is -2.64. The van der Waals surface area contributed by atoms with Gasteiger partial charge in [0.2, 0.25) is 0 Å². The fourth-order valence-electron chi connectivity index (χ4n) is 6.96. The summed E-state index contributed by atoms with van der Waals surface area (Å²) in [7, 11) is 0. The molecule has 7 nitrogen and oxygen atoms in total. The molecule has 0 aromatic heterocycles. The summed E-state index contributed by atoms with van der Waals surface area (Å²) in [4.78, 5) is 13.7. The second kappa shape index (κ2) is 6.58. The fraction of sp³-hybridized carbons (Fsp3) is 0.864. The van der Waals surface area contributed by atoms with Crippen molar-refractivity contribution in [2.75, 3.05) is 6.61 Å². The van der Waals surface area contributed by atoms with Crippen LogP contribution < -0.4 is 0 Å². The predicted molar refractivity (Wildman–Crippen MR) is 106 cm³/mol. The SMILES string of the molecule is CC1=C2C(O)C(=O)[C@]3(C)C(O)C[C@@H](C)[C@@](O)(CO)C3C(C)C(O)(CC1O)C2(C)C. The fourth-order valence-corrected chi connectivity index (χ4v) is 6.96. The van der Waals surface area contributed by atoms with Crippen LogP contribution in [0.15, 0.2) is 11.1 Å². The number of aliphatic hydroxyl groups is 6. The van der Waals surface area contributed by atoms with Crippen molar-refractivity contribution >= 4 is 5.78 Å². The molecule has 0 saturated heterocycles. The van der Waals surface area contributed by atoms with Crippen molar-refractivity contribution in [2.45, 2.75) is 83.9 Å². The number of carbonyl (C=O) groups is 1. The standard InChI is InChI=1S/C22H36O7/c1-10-7-14(25)20(6)17(21(10,28)9-23)12(3)22(29)8-13(24)11(2)15(19(22,4)5)16(26)18(20)27/h10,12-14,16-17,23-26,28-29H,7-9H2,1-6H3/t10-,12?,13?,14?,16?,17?,20-,21+,22?/m1/s1. The van der Waals surface area contributed by atoms with Crippen LogP contribution in [-0.4, -0.2) is 72.5 Å². The van der Waals surface area contributed by atoms with Crippen LogP contribution in [-0.2, 0) is 4.79 Å². The molecular weight excluding hydrogens is 376 g/mol. The van der Waals surface area contributed by atoms with Gasteiger partial charge in [-0.25, -0.2) is 0 Å². The van der Waals surface area contributed by atoms with E-state index in [4.69, 9.17) is 0 Å². The summed E-state index contributed by atoms with van der Waals surface area (Å²) >= 11 is 0. The van der Waals surface area contributed by atoms with Crippen LogP contribution in [0.1, 0.15) is 54.4 Å². The number of ketones is 1.